The molecule has 2 heterocycles. The third-order valence-electron chi connectivity index (χ3n) is 6.64. The first-order valence-corrected chi connectivity index (χ1v) is 13.0. The molecule has 0 fully saturated rings. The predicted octanol–water partition coefficient (Wildman–Crippen LogP) is 5.34. The lowest BCUT2D eigenvalue weighted by Crippen LogP contribution is -2.49. The zero-order chi connectivity index (χ0) is 25.7. The van der Waals surface area contributed by atoms with Gasteiger partial charge in [0.25, 0.3) is 5.91 Å². The van der Waals surface area contributed by atoms with Crippen molar-refractivity contribution in [3.05, 3.63) is 81.8 Å². The van der Waals surface area contributed by atoms with Crippen molar-refractivity contribution in [3.63, 3.8) is 0 Å². The lowest BCUT2D eigenvalue weighted by atomic mass is 10.00. The molecule has 8 heteroatoms. The lowest BCUT2D eigenvalue weighted by Gasteiger charge is -2.38. The Balaban J connectivity index is 1.54. The molecule has 0 radical (unpaired) electrons. The second-order valence-electron chi connectivity index (χ2n) is 8.84. The summed E-state index contributed by atoms with van der Waals surface area (Å²) in [5.41, 5.74) is 1.45. The minimum absolute atomic E-state index is 0.0552. The van der Waals surface area contributed by atoms with Crippen molar-refractivity contribution in [1.82, 2.24) is 9.80 Å². The number of fused-ring (bicyclic) bond motifs is 1. The summed E-state index contributed by atoms with van der Waals surface area (Å²) in [5.74, 6) is 0.536. The average Bonchev–Trinajstić information content (AvgIpc) is 3.39. The highest BCUT2D eigenvalue weighted by atomic mass is 32.1. The highest BCUT2D eigenvalue weighted by Crippen LogP contribution is 2.34. The smallest absolute Gasteiger partial charge is 0.254 e. The molecular formula is C28H31FN2O4S. The number of halogens is 1. The normalized spacial score (nSPS) is 15.7. The summed E-state index contributed by atoms with van der Waals surface area (Å²) >= 11 is 1.69. The third kappa shape index (κ3) is 5.70. The second kappa shape index (κ2) is 11.6. The van der Waals surface area contributed by atoms with Crippen LogP contribution in [0.25, 0.3) is 0 Å². The standard InChI is InChI=1S/C28H31FN2O4S/c1-4-19(2)31(28(33)20-8-10-21(29)11-9-20)17-27(32)30-14-12-26-24(13-15-36-26)25(30)18-35-23-7-5-6-22(16-23)34-3/h5-11,13,15-16,19,25H,4,12,14,17-18H2,1-3H3. The number of carbonyl (C=O) groups is 2. The number of rotatable bonds is 9. The van der Waals surface area contributed by atoms with E-state index < -0.39 is 5.82 Å². The summed E-state index contributed by atoms with van der Waals surface area (Å²) in [6, 6.07) is 14.5. The molecule has 2 amide bonds. The molecule has 1 aromatic heterocycles. The van der Waals surface area contributed by atoms with Gasteiger partial charge in [-0.2, -0.15) is 0 Å². The van der Waals surface area contributed by atoms with Gasteiger partial charge in [-0.1, -0.05) is 13.0 Å². The molecular weight excluding hydrogens is 479 g/mol. The summed E-state index contributed by atoms with van der Waals surface area (Å²) in [4.78, 5) is 31.6. The number of amides is 2. The van der Waals surface area contributed by atoms with Gasteiger partial charge < -0.3 is 19.3 Å². The van der Waals surface area contributed by atoms with Crippen LogP contribution in [0.2, 0.25) is 0 Å². The number of benzene rings is 2. The lowest BCUT2D eigenvalue weighted by molar-refractivity contribution is -0.136. The predicted molar refractivity (Wildman–Crippen MR) is 138 cm³/mol. The number of nitrogens with zero attached hydrogens (tertiary/aromatic N) is 2. The molecule has 1 aliphatic heterocycles. The number of hydrogen-bond acceptors (Lipinski definition) is 5. The van der Waals surface area contributed by atoms with Gasteiger partial charge >= 0.3 is 0 Å². The van der Waals surface area contributed by atoms with Crippen LogP contribution in [0.1, 0.15) is 47.1 Å². The van der Waals surface area contributed by atoms with Crippen molar-refractivity contribution in [2.45, 2.75) is 38.8 Å². The molecule has 2 atom stereocenters. The van der Waals surface area contributed by atoms with Gasteiger partial charge in [-0.25, -0.2) is 4.39 Å². The molecule has 0 saturated heterocycles. The summed E-state index contributed by atoms with van der Waals surface area (Å²) in [7, 11) is 1.61. The third-order valence-corrected chi connectivity index (χ3v) is 7.64. The molecule has 3 aromatic rings. The fourth-order valence-corrected chi connectivity index (χ4v) is 5.31. The highest BCUT2D eigenvalue weighted by molar-refractivity contribution is 7.10. The molecule has 0 spiro atoms. The van der Waals surface area contributed by atoms with Crippen LogP contribution in [0.15, 0.2) is 60.0 Å². The molecule has 0 aliphatic carbocycles. The molecule has 2 aromatic carbocycles. The summed E-state index contributed by atoms with van der Waals surface area (Å²) < 4.78 is 24.8. The van der Waals surface area contributed by atoms with E-state index in [0.29, 0.717) is 30.0 Å². The van der Waals surface area contributed by atoms with E-state index in [1.54, 1.807) is 23.3 Å². The van der Waals surface area contributed by atoms with Crippen molar-refractivity contribution in [2.24, 2.45) is 0 Å². The quantitative estimate of drug-likeness (QED) is 0.390. The molecule has 2 unspecified atom stereocenters. The number of ether oxygens (including phenoxy) is 2. The van der Waals surface area contributed by atoms with Crippen LogP contribution in [-0.2, 0) is 11.2 Å². The van der Waals surface area contributed by atoms with Crippen LogP contribution in [0, 0.1) is 5.82 Å². The summed E-state index contributed by atoms with van der Waals surface area (Å²) in [6.07, 6.45) is 1.46. The first-order chi connectivity index (χ1) is 17.4. The van der Waals surface area contributed by atoms with E-state index in [9.17, 15) is 14.0 Å². The van der Waals surface area contributed by atoms with Crippen LogP contribution in [0.5, 0.6) is 11.5 Å². The topological polar surface area (TPSA) is 59.1 Å². The molecule has 1 aliphatic rings. The number of carbonyl (C=O) groups excluding carboxylic acids is 2. The number of thiophene rings is 1. The molecule has 4 rings (SSSR count). The van der Waals surface area contributed by atoms with E-state index in [1.165, 1.54) is 29.1 Å². The first-order valence-electron chi connectivity index (χ1n) is 12.1. The van der Waals surface area contributed by atoms with E-state index >= 15 is 0 Å². The SMILES string of the molecule is CCC(C)N(CC(=O)N1CCc2sccc2C1COc1cccc(OC)c1)C(=O)c1ccc(F)cc1. The number of hydrogen-bond donors (Lipinski definition) is 0. The van der Waals surface area contributed by atoms with Gasteiger partial charge in [-0.3, -0.25) is 9.59 Å². The van der Waals surface area contributed by atoms with Gasteiger partial charge in [0.2, 0.25) is 5.91 Å². The minimum Gasteiger partial charge on any atom is -0.497 e. The maximum atomic E-state index is 13.7. The summed E-state index contributed by atoms with van der Waals surface area (Å²) in [5, 5.41) is 2.04. The second-order valence-corrected chi connectivity index (χ2v) is 9.84. The molecule has 0 N–H and O–H groups in total. The maximum Gasteiger partial charge on any atom is 0.254 e. The molecule has 0 saturated carbocycles. The zero-order valence-electron chi connectivity index (χ0n) is 20.8. The number of methoxy groups -OCH3 is 1. The van der Waals surface area contributed by atoms with Crippen molar-refractivity contribution >= 4 is 23.2 Å². The van der Waals surface area contributed by atoms with Crippen molar-refractivity contribution < 1.29 is 23.5 Å². The molecule has 36 heavy (non-hydrogen) atoms. The summed E-state index contributed by atoms with van der Waals surface area (Å²) in [6.45, 7) is 4.68. The van der Waals surface area contributed by atoms with E-state index in [-0.39, 0.29) is 37.0 Å². The van der Waals surface area contributed by atoms with Gasteiger partial charge in [-0.05, 0) is 73.2 Å². The van der Waals surface area contributed by atoms with Crippen LogP contribution in [-0.4, -0.2) is 54.5 Å². The first kappa shape index (κ1) is 25.7. The molecule has 0 bridgehead atoms. The van der Waals surface area contributed by atoms with E-state index in [2.05, 4.69) is 6.07 Å². The fourth-order valence-electron chi connectivity index (χ4n) is 4.38. The maximum absolute atomic E-state index is 13.7. The Hall–Kier alpha value is -3.39. The Bertz CT molecular complexity index is 1200. The van der Waals surface area contributed by atoms with Crippen LogP contribution < -0.4 is 9.47 Å². The average molecular weight is 511 g/mol. The largest absolute Gasteiger partial charge is 0.497 e. The van der Waals surface area contributed by atoms with Crippen molar-refractivity contribution in [2.75, 3.05) is 26.8 Å². The zero-order valence-corrected chi connectivity index (χ0v) is 21.6. The minimum atomic E-state index is -0.406. The Kier molecular flexibility index (Phi) is 8.25. The fraction of sp³-hybridized carbons (Fsp3) is 0.357. The van der Waals surface area contributed by atoms with Crippen molar-refractivity contribution in [1.29, 1.82) is 0 Å². The van der Waals surface area contributed by atoms with Gasteiger partial charge in [0.05, 0.1) is 13.2 Å². The Morgan fingerprint density at radius 1 is 1.17 bits per heavy atom. The van der Waals surface area contributed by atoms with Crippen LogP contribution in [0.3, 0.4) is 0 Å². The van der Waals surface area contributed by atoms with Gasteiger partial charge in [0.15, 0.2) is 0 Å². The van der Waals surface area contributed by atoms with Gasteiger partial charge in [0.1, 0.15) is 30.5 Å². The van der Waals surface area contributed by atoms with Gasteiger partial charge in [0, 0.05) is 29.1 Å². The van der Waals surface area contributed by atoms with E-state index in [4.69, 9.17) is 9.47 Å². The Morgan fingerprint density at radius 3 is 2.64 bits per heavy atom. The van der Waals surface area contributed by atoms with Crippen molar-refractivity contribution in [3.8, 4) is 11.5 Å². The Labute approximate surface area is 215 Å². The molecule has 190 valence electrons. The monoisotopic (exact) mass is 510 g/mol. The van der Waals surface area contributed by atoms with E-state index in [0.717, 1.165) is 12.0 Å². The Morgan fingerprint density at radius 2 is 1.92 bits per heavy atom. The molecule has 6 nitrogen and oxygen atoms in total. The van der Waals surface area contributed by atoms with E-state index in [1.807, 2.05) is 48.4 Å². The van der Waals surface area contributed by atoms with Crippen LogP contribution in [0.4, 0.5) is 4.39 Å². The van der Waals surface area contributed by atoms with Gasteiger partial charge in [-0.15, -0.1) is 11.3 Å². The van der Waals surface area contributed by atoms with Crippen LogP contribution >= 0.6 is 11.3 Å². The highest BCUT2D eigenvalue weighted by Gasteiger charge is 2.34.